The fourth-order valence-corrected chi connectivity index (χ4v) is 6.16. The Morgan fingerprint density at radius 2 is 1.74 bits per heavy atom. The molecule has 2 heterocycles. The molecule has 2 fully saturated rings. The zero-order valence-electron chi connectivity index (χ0n) is 17.7. The first-order valence-electron chi connectivity index (χ1n) is 10.8. The van der Waals surface area contributed by atoms with Gasteiger partial charge in [-0.1, -0.05) is 54.1 Å². The van der Waals surface area contributed by atoms with Crippen LogP contribution in [0.3, 0.4) is 0 Å². The number of ether oxygens (including phenoxy) is 2. The largest absolute Gasteiger partial charge is 0.373 e. The van der Waals surface area contributed by atoms with E-state index in [0.717, 1.165) is 11.1 Å². The van der Waals surface area contributed by atoms with Crippen LogP contribution in [0.15, 0.2) is 71.6 Å². The van der Waals surface area contributed by atoms with Gasteiger partial charge in [0.05, 0.1) is 29.8 Å². The average Bonchev–Trinajstić information content (AvgIpc) is 2.79. The van der Waals surface area contributed by atoms with Gasteiger partial charge < -0.3 is 9.47 Å². The van der Waals surface area contributed by atoms with Crippen LogP contribution in [-0.4, -0.2) is 44.6 Å². The number of sulfonamides is 1. The van der Waals surface area contributed by atoms with E-state index in [1.54, 1.807) is 16.4 Å². The molecular weight excluding hydrogens is 410 g/mol. The third kappa shape index (κ3) is 4.01. The van der Waals surface area contributed by atoms with E-state index in [1.165, 1.54) is 10.8 Å². The maximum atomic E-state index is 13.3. The standard InChI is InChI=1S/C25H27NO4S/c1-19-6-10-23(11-7-19)31(27,28)26-13-15-30-25(18-26)12-14-29-24(17-25)22-9-8-20-4-2-3-5-21(20)16-22/h2-11,16,24H,12-15,17-18H2,1H3/t24-,25-/m1/s1. The molecule has 0 aliphatic carbocycles. The highest BCUT2D eigenvalue weighted by Crippen LogP contribution is 2.40. The molecule has 0 unspecified atom stereocenters. The summed E-state index contributed by atoms with van der Waals surface area (Å²) in [7, 11) is -3.55. The number of benzene rings is 3. The third-order valence-corrected chi connectivity index (χ3v) is 8.31. The summed E-state index contributed by atoms with van der Waals surface area (Å²) in [4.78, 5) is 0.341. The van der Waals surface area contributed by atoms with Gasteiger partial charge >= 0.3 is 0 Å². The summed E-state index contributed by atoms with van der Waals surface area (Å²) in [5.41, 5.74) is 1.63. The monoisotopic (exact) mass is 437 g/mol. The van der Waals surface area contributed by atoms with Gasteiger partial charge in [0, 0.05) is 25.9 Å². The number of nitrogens with zero attached hydrogens (tertiary/aromatic N) is 1. The third-order valence-electron chi connectivity index (χ3n) is 6.45. The zero-order valence-corrected chi connectivity index (χ0v) is 18.5. The van der Waals surface area contributed by atoms with E-state index in [2.05, 4.69) is 30.3 Å². The number of morpholine rings is 1. The van der Waals surface area contributed by atoms with Crippen molar-refractivity contribution < 1.29 is 17.9 Å². The van der Waals surface area contributed by atoms with Gasteiger partial charge in [0.2, 0.25) is 10.0 Å². The van der Waals surface area contributed by atoms with Gasteiger partial charge in [-0.2, -0.15) is 4.31 Å². The van der Waals surface area contributed by atoms with Crippen molar-refractivity contribution in [3.63, 3.8) is 0 Å². The van der Waals surface area contributed by atoms with E-state index in [0.29, 0.717) is 44.0 Å². The van der Waals surface area contributed by atoms with E-state index in [-0.39, 0.29) is 6.10 Å². The SMILES string of the molecule is Cc1ccc(S(=O)(=O)N2CCO[C@@]3(CCO[C@@H](c4ccc5ccccc5c4)C3)C2)cc1. The predicted molar refractivity (Wildman–Crippen MR) is 120 cm³/mol. The summed E-state index contributed by atoms with van der Waals surface area (Å²) in [5.74, 6) is 0. The fraction of sp³-hybridized carbons (Fsp3) is 0.360. The molecular formula is C25H27NO4S. The number of rotatable bonds is 3. The molecule has 0 saturated carbocycles. The summed E-state index contributed by atoms with van der Waals surface area (Å²) in [6.07, 6.45) is 1.22. The van der Waals surface area contributed by atoms with Crippen molar-refractivity contribution in [2.45, 2.75) is 36.4 Å². The molecule has 1 spiro atoms. The second kappa shape index (κ2) is 8.02. The van der Waals surface area contributed by atoms with Crippen LogP contribution in [-0.2, 0) is 19.5 Å². The molecule has 0 N–H and O–H groups in total. The van der Waals surface area contributed by atoms with Crippen LogP contribution in [0, 0.1) is 6.92 Å². The molecule has 0 radical (unpaired) electrons. The molecule has 5 rings (SSSR count). The number of hydrogen-bond acceptors (Lipinski definition) is 4. The van der Waals surface area contributed by atoms with Gasteiger partial charge in [-0.3, -0.25) is 0 Å². The Kier molecular flexibility index (Phi) is 5.34. The van der Waals surface area contributed by atoms with E-state index < -0.39 is 15.6 Å². The molecule has 3 aromatic rings. The first-order chi connectivity index (χ1) is 15.0. The Balaban J connectivity index is 1.39. The average molecular weight is 438 g/mol. The summed E-state index contributed by atoms with van der Waals surface area (Å²) in [6, 6.07) is 21.7. The van der Waals surface area contributed by atoms with E-state index in [4.69, 9.17) is 9.47 Å². The van der Waals surface area contributed by atoms with Gasteiger partial charge in [0.15, 0.2) is 0 Å². The number of hydrogen-bond donors (Lipinski definition) is 0. The summed E-state index contributed by atoms with van der Waals surface area (Å²) in [5, 5.41) is 2.37. The van der Waals surface area contributed by atoms with Crippen LogP contribution in [0.4, 0.5) is 0 Å². The number of aryl methyl sites for hydroxylation is 1. The molecule has 0 amide bonds. The lowest BCUT2D eigenvalue weighted by Crippen LogP contribution is -2.56. The Morgan fingerprint density at radius 1 is 0.968 bits per heavy atom. The lowest BCUT2D eigenvalue weighted by Gasteiger charge is -2.46. The van der Waals surface area contributed by atoms with Crippen LogP contribution in [0.1, 0.15) is 30.1 Å². The lowest BCUT2D eigenvalue weighted by atomic mass is 9.86. The molecule has 3 aromatic carbocycles. The maximum absolute atomic E-state index is 13.3. The normalized spacial score (nSPS) is 25.1. The van der Waals surface area contributed by atoms with Gasteiger partial charge in [-0.25, -0.2) is 8.42 Å². The number of fused-ring (bicyclic) bond motifs is 1. The first kappa shape index (κ1) is 20.6. The quantitative estimate of drug-likeness (QED) is 0.607. The van der Waals surface area contributed by atoms with Crippen molar-refractivity contribution in [3.8, 4) is 0 Å². The molecule has 0 bridgehead atoms. The minimum Gasteiger partial charge on any atom is -0.373 e. The van der Waals surface area contributed by atoms with E-state index in [9.17, 15) is 8.42 Å². The summed E-state index contributed by atoms with van der Waals surface area (Å²) < 4.78 is 40.5. The maximum Gasteiger partial charge on any atom is 0.243 e. The van der Waals surface area contributed by atoms with Crippen molar-refractivity contribution in [2.75, 3.05) is 26.3 Å². The molecule has 6 heteroatoms. The van der Waals surface area contributed by atoms with Crippen molar-refractivity contribution in [2.24, 2.45) is 0 Å². The van der Waals surface area contributed by atoms with Gasteiger partial charge in [0.1, 0.15) is 0 Å². The van der Waals surface area contributed by atoms with Crippen molar-refractivity contribution in [1.82, 2.24) is 4.31 Å². The van der Waals surface area contributed by atoms with Gasteiger partial charge in [0.25, 0.3) is 0 Å². The fourth-order valence-electron chi connectivity index (χ4n) is 4.66. The highest BCUT2D eigenvalue weighted by molar-refractivity contribution is 7.89. The summed E-state index contributed by atoms with van der Waals surface area (Å²) in [6.45, 7) is 3.64. The molecule has 2 atom stereocenters. The highest BCUT2D eigenvalue weighted by atomic mass is 32.2. The van der Waals surface area contributed by atoms with Crippen LogP contribution in [0.5, 0.6) is 0 Å². The molecule has 31 heavy (non-hydrogen) atoms. The van der Waals surface area contributed by atoms with Crippen molar-refractivity contribution >= 4 is 20.8 Å². The Labute approximate surface area is 183 Å². The van der Waals surface area contributed by atoms with Crippen LogP contribution in [0.2, 0.25) is 0 Å². The second-order valence-corrected chi connectivity index (χ2v) is 10.5. The smallest absolute Gasteiger partial charge is 0.243 e. The predicted octanol–water partition coefficient (Wildman–Crippen LogP) is 4.46. The minimum absolute atomic E-state index is 0.111. The highest BCUT2D eigenvalue weighted by Gasteiger charge is 2.45. The van der Waals surface area contributed by atoms with Crippen LogP contribution >= 0.6 is 0 Å². The Hall–Kier alpha value is -2.25. The second-order valence-electron chi connectivity index (χ2n) is 8.60. The minimum atomic E-state index is -3.55. The topological polar surface area (TPSA) is 55.8 Å². The molecule has 2 aliphatic heterocycles. The Bertz CT molecular complexity index is 1190. The van der Waals surface area contributed by atoms with E-state index >= 15 is 0 Å². The van der Waals surface area contributed by atoms with Crippen molar-refractivity contribution in [3.05, 3.63) is 77.9 Å². The molecule has 162 valence electrons. The molecule has 2 saturated heterocycles. The van der Waals surface area contributed by atoms with Crippen LogP contribution < -0.4 is 0 Å². The van der Waals surface area contributed by atoms with Gasteiger partial charge in [-0.05, 0) is 41.5 Å². The first-order valence-corrected chi connectivity index (χ1v) is 12.2. The van der Waals surface area contributed by atoms with Crippen molar-refractivity contribution in [1.29, 1.82) is 0 Å². The zero-order chi connectivity index (χ0) is 21.5. The van der Waals surface area contributed by atoms with E-state index in [1.807, 2.05) is 31.2 Å². The molecule has 2 aliphatic rings. The van der Waals surface area contributed by atoms with Gasteiger partial charge in [-0.15, -0.1) is 0 Å². The summed E-state index contributed by atoms with van der Waals surface area (Å²) >= 11 is 0. The molecule has 5 nitrogen and oxygen atoms in total. The lowest BCUT2D eigenvalue weighted by molar-refractivity contribution is -0.163. The Morgan fingerprint density at radius 3 is 2.55 bits per heavy atom. The van der Waals surface area contributed by atoms with Crippen LogP contribution in [0.25, 0.3) is 10.8 Å². The molecule has 0 aromatic heterocycles.